The zero-order valence-electron chi connectivity index (χ0n) is 23.9. The maximum atomic E-state index is 12.9. The predicted molar refractivity (Wildman–Crippen MR) is 150 cm³/mol. The van der Waals surface area contributed by atoms with Crippen LogP contribution in [0.25, 0.3) is 0 Å². The third-order valence-corrected chi connectivity index (χ3v) is 7.72. The van der Waals surface area contributed by atoms with Crippen LogP contribution in [-0.4, -0.2) is 90.1 Å². The Bertz CT molecular complexity index is 1020. The van der Waals surface area contributed by atoms with Crippen LogP contribution in [0.2, 0.25) is 0 Å². The van der Waals surface area contributed by atoms with Gasteiger partial charge in [-0.25, -0.2) is 9.78 Å². The highest BCUT2D eigenvalue weighted by atomic mass is 32.1. The first-order chi connectivity index (χ1) is 18.4. The molecule has 12 heteroatoms. The number of carbonyl (C=O) groups is 3. The van der Waals surface area contributed by atoms with Gasteiger partial charge in [-0.2, -0.15) is 5.26 Å². The maximum Gasteiger partial charge on any atom is 0.410 e. The summed E-state index contributed by atoms with van der Waals surface area (Å²) in [6.45, 7) is 14.5. The van der Waals surface area contributed by atoms with Gasteiger partial charge >= 0.3 is 6.09 Å². The van der Waals surface area contributed by atoms with Crippen molar-refractivity contribution in [2.45, 2.75) is 72.1 Å². The second-order valence-corrected chi connectivity index (χ2v) is 12.5. The van der Waals surface area contributed by atoms with E-state index in [1.165, 1.54) is 0 Å². The number of thiazole rings is 1. The molecule has 3 rings (SSSR count). The van der Waals surface area contributed by atoms with E-state index in [4.69, 9.17) is 15.0 Å². The lowest BCUT2D eigenvalue weighted by Crippen LogP contribution is -2.50. The van der Waals surface area contributed by atoms with Crippen LogP contribution in [-0.2, 0) is 20.9 Å². The fourth-order valence-electron chi connectivity index (χ4n) is 4.75. The van der Waals surface area contributed by atoms with E-state index >= 15 is 0 Å². The first-order valence-corrected chi connectivity index (χ1v) is 14.7. The quantitative estimate of drug-likeness (QED) is 0.440. The second kappa shape index (κ2) is 13.9. The maximum absolute atomic E-state index is 12.9. The molecular formula is C27H43N7O4S. The number of hydrogen-bond acceptors (Lipinski definition) is 9. The Labute approximate surface area is 235 Å². The van der Waals surface area contributed by atoms with Gasteiger partial charge in [-0.05, 0) is 59.0 Å². The molecule has 2 aliphatic heterocycles. The summed E-state index contributed by atoms with van der Waals surface area (Å²) in [5.74, 6) is -0.288. The van der Waals surface area contributed by atoms with E-state index in [-0.39, 0.29) is 36.3 Å². The molecule has 1 unspecified atom stereocenters. The van der Waals surface area contributed by atoms with E-state index in [0.717, 1.165) is 56.4 Å². The summed E-state index contributed by atoms with van der Waals surface area (Å²) in [6.07, 6.45) is 1.72. The molecule has 39 heavy (non-hydrogen) atoms. The molecule has 0 aliphatic carbocycles. The molecule has 3 amide bonds. The zero-order valence-corrected chi connectivity index (χ0v) is 24.7. The molecule has 11 nitrogen and oxygen atoms in total. The number of nitrogens with zero attached hydrogens (tertiary/aromatic N) is 5. The van der Waals surface area contributed by atoms with Crippen molar-refractivity contribution >= 4 is 34.4 Å². The first-order valence-electron chi connectivity index (χ1n) is 13.8. The topological polar surface area (TPSA) is 131 Å². The Morgan fingerprint density at radius 1 is 1.15 bits per heavy atom. The van der Waals surface area contributed by atoms with Gasteiger partial charge in [-0.1, -0.05) is 13.8 Å². The molecule has 0 bridgehead atoms. The highest BCUT2D eigenvalue weighted by Gasteiger charge is 2.30. The molecule has 216 valence electrons. The minimum atomic E-state index is -0.622. The SMILES string of the molecule is CC(C)CC(NC(=O)C1CCN(Cc2csc(N3CCN(C(=O)OC(C)(C)C)CC3)n2)CC1)C(=O)NCC#N. The molecule has 0 saturated carbocycles. The summed E-state index contributed by atoms with van der Waals surface area (Å²) in [4.78, 5) is 48.8. The summed E-state index contributed by atoms with van der Waals surface area (Å²) >= 11 is 1.62. The number of carbonyl (C=O) groups excluding carboxylic acids is 3. The van der Waals surface area contributed by atoms with Crippen molar-refractivity contribution < 1.29 is 19.1 Å². The fraction of sp³-hybridized carbons (Fsp3) is 0.741. The average Bonchev–Trinajstić information content (AvgIpc) is 3.34. The predicted octanol–water partition coefficient (Wildman–Crippen LogP) is 2.58. The molecule has 0 spiro atoms. The van der Waals surface area contributed by atoms with Gasteiger partial charge in [0.25, 0.3) is 0 Å². The third kappa shape index (κ3) is 9.65. The van der Waals surface area contributed by atoms with E-state index in [0.29, 0.717) is 19.5 Å². The van der Waals surface area contributed by atoms with Gasteiger partial charge in [0.15, 0.2) is 5.13 Å². The summed E-state index contributed by atoms with van der Waals surface area (Å²) in [5, 5.41) is 17.3. The Morgan fingerprint density at radius 3 is 2.41 bits per heavy atom. The smallest absolute Gasteiger partial charge is 0.410 e. The number of amides is 3. The lowest BCUT2D eigenvalue weighted by Gasteiger charge is -2.35. The Hall–Kier alpha value is -2.91. The van der Waals surface area contributed by atoms with Crippen LogP contribution in [0.4, 0.5) is 9.93 Å². The average molecular weight is 562 g/mol. The molecule has 0 aromatic carbocycles. The Morgan fingerprint density at radius 2 is 1.82 bits per heavy atom. The third-order valence-electron chi connectivity index (χ3n) is 6.77. The van der Waals surface area contributed by atoms with Crippen LogP contribution in [0, 0.1) is 23.2 Å². The van der Waals surface area contributed by atoms with Crippen LogP contribution in [0.15, 0.2) is 5.38 Å². The van der Waals surface area contributed by atoms with E-state index in [1.807, 2.05) is 40.7 Å². The standard InChI is InChI=1S/C27H43N7O4S/c1-19(2)16-22(24(36)29-9-8-28)31-23(35)20-6-10-32(11-7-20)17-21-18-39-25(30-21)33-12-14-34(15-13-33)26(37)38-27(3,4)5/h18-20,22H,6-7,9-17H2,1-5H3,(H,29,36)(H,31,35). The van der Waals surface area contributed by atoms with Gasteiger partial charge in [0.2, 0.25) is 11.8 Å². The molecule has 0 radical (unpaired) electrons. The molecule has 1 aromatic rings. The molecule has 2 N–H and O–H groups in total. The van der Waals surface area contributed by atoms with E-state index in [2.05, 4.69) is 25.8 Å². The van der Waals surface area contributed by atoms with Crippen molar-refractivity contribution in [2.24, 2.45) is 11.8 Å². The van der Waals surface area contributed by atoms with Crippen LogP contribution in [0.5, 0.6) is 0 Å². The number of anilines is 1. The number of piperazine rings is 1. The van der Waals surface area contributed by atoms with E-state index in [1.54, 1.807) is 16.2 Å². The van der Waals surface area contributed by atoms with Gasteiger partial charge in [0, 0.05) is 44.0 Å². The number of nitrogens with one attached hydrogen (secondary N) is 2. The summed E-state index contributed by atoms with van der Waals surface area (Å²) in [7, 11) is 0. The second-order valence-electron chi connectivity index (χ2n) is 11.7. The molecule has 3 heterocycles. The van der Waals surface area contributed by atoms with E-state index in [9.17, 15) is 14.4 Å². The van der Waals surface area contributed by atoms with Gasteiger partial charge < -0.3 is 25.2 Å². The highest BCUT2D eigenvalue weighted by molar-refractivity contribution is 7.13. The monoisotopic (exact) mass is 561 g/mol. The van der Waals surface area contributed by atoms with Gasteiger partial charge in [-0.3, -0.25) is 14.5 Å². The van der Waals surface area contributed by atoms with E-state index < -0.39 is 11.6 Å². The minimum absolute atomic E-state index is 0.0672. The van der Waals surface area contributed by atoms with Crippen LogP contribution in [0.1, 0.15) is 59.6 Å². The first kappa shape index (κ1) is 30.6. The number of likely N-dealkylation sites (tertiary alicyclic amines) is 1. The largest absolute Gasteiger partial charge is 0.444 e. The molecule has 2 aliphatic rings. The number of nitriles is 1. The highest BCUT2D eigenvalue weighted by Crippen LogP contribution is 2.25. The Kier molecular flexibility index (Phi) is 10.9. The summed E-state index contributed by atoms with van der Waals surface area (Å²) in [6, 6.07) is 1.28. The molecule has 2 fully saturated rings. The van der Waals surface area contributed by atoms with Crippen molar-refractivity contribution in [3.05, 3.63) is 11.1 Å². The summed E-state index contributed by atoms with van der Waals surface area (Å²) in [5.41, 5.74) is 0.515. The lowest BCUT2D eigenvalue weighted by molar-refractivity contribution is -0.132. The Balaban J connectivity index is 1.43. The number of hydrogen-bond donors (Lipinski definition) is 2. The number of ether oxygens (including phenoxy) is 1. The van der Waals surface area contributed by atoms with Gasteiger partial charge in [-0.15, -0.1) is 11.3 Å². The van der Waals surface area contributed by atoms with Crippen LogP contribution >= 0.6 is 11.3 Å². The van der Waals surface area contributed by atoms with Gasteiger partial charge in [0.05, 0.1) is 11.8 Å². The van der Waals surface area contributed by atoms with Crippen molar-refractivity contribution in [1.29, 1.82) is 5.26 Å². The number of rotatable bonds is 9. The molecule has 1 atom stereocenters. The van der Waals surface area contributed by atoms with Crippen LogP contribution in [0.3, 0.4) is 0 Å². The molecule has 1 aromatic heterocycles. The van der Waals surface area contributed by atoms with Crippen molar-refractivity contribution in [3.63, 3.8) is 0 Å². The fourth-order valence-corrected chi connectivity index (χ4v) is 5.62. The van der Waals surface area contributed by atoms with Gasteiger partial charge in [0.1, 0.15) is 18.2 Å². The zero-order chi connectivity index (χ0) is 28.6. The summed E-state index contributed by atoms with van der Waals surface area (Å²) < 4.78 is 5.48. The molecular weight excluding hydrogens is 518 g/mol. The minimum Gasteiger partial charge on any atom is -0.444 e. The lowest BCUT2D eigenvalue weighted by atomic mass is 9.94. The number of aromatic nitrogens is 1. The normalized spacial score (nSPS) is 18.0. The van der Waals surface area contributed by atoms with Crippen LogP contribution < -0.4 is 15.5 Å². The van der Waals surface area contributed by atoms with Crippen molar-refractivity contribution in [2.75, 3.05) is 50.7 Å². The molecule has 2 saturated heterocycles. The number of piperidine rings is 1. The van der Waals surface area contributed by atoms with Crippen molar-refractivity contribution in [1.82, 2.24) is 25.4 Å². The van der Waals surface area contributed by atoms with Crippen molar-refractivity contribution in [3.8, 4) is 6.07 Å².